The predicted molar refractivity (Wildman–Crippen MR) is 81.2 cm³/mol. The third-order valence-corrected chi connectivity index (χ3v) is 4.77. The van der Waals surface area contributed by atoms with E-state index in [0.717, 1.165) is 12.8 Å². The van der Waals surface area contributed by atoms with Crippen LogP contribution in [0, 0.1) is 5.92 Å². The van der Waals surface area contributed by atoms with E-state index >= 15 is 0 Å². The largest absolute Gasteiger partial charge is 0.480 e. The van der Waals surface area contributed by atoms with Gasteiger partial charge in [0.05, 0.1) is 0 Å². The van der Waals surface area contributed by atoms with Gasteiger partial charge in [-0.05, 0) is 38.5 Å². The molecule has 2 N–H and O–H groups in total. The van der Waals surface area contributed by atoms with E-state index in [4.69, 9.17) is 5.11 Å². The van der Waals surface area contributed by atoms with Gasteiger partial charge in [0, 0.05) is 13.0 Å². The van der Waals surface area contributed by atoms with Gasteiger partial charge in [0.2, 0.25) is 11.8 Å². The van der Waals surface area contributed by atoms with Crippen molar-refractivity contribution in [2.75, 3.05) is 6.54 Å². The summed E-state index contributed by atoms with van der Waals surface area (Å²) in [5.41, 5.74) is 0. The molecular formula is C16H26N2O4. The van der Waals surface area contributed by atoms with Crippen LogP contribution in [0.2, 0.25) is 0 Å². The molecule has 6 nitrogen and oxygen atoms in total. The van der Waals surface area contributed by atoms with E-state index in [2.05, 4.69) is 5.32 Å². The number of rotatable bonds is 5. The molecule has 1 heterocycles. The second kappa shape index (κ2) is 7.61. The number of aliphatic carboxylic acids is 1. The number of nitrogens with one attached hydrogen (secondary N) is 1. The number of amides is 2. The molecule has 0 spiro atoms. The zero-order chi connectivity index (χ0) is 16.1. The maximum Gasteiger partial charge on any atom is 0.326 e. The smallest absolute Gasteiger partial charge is 0.326 e. The molecule has 0 bridgehead atoms. The zero-order valence-corrected chi connectivity index (χ0v) is 13.2. The van der Waals surface area contributed by atoms with Crippen LogP contribution in [0.5, 0.6) is 0 Å². The first-order chi connectivity index (χ1) is 10.5. The Morgan fingerprint density at radius 2 is 1.82 bits per heavy atom. The van der Waals surface area contributed by atoms with Crippen molar-refractivity contribution >= 4 is 17.8 Å². The lowest BCUT2D eigenvalue weighted by molar-refractivity contribution is -0.149. The van der Waals surface area contributed by atoms with Gasteiger partial charge >= 0.3 is 5.97 Å². The molecular weight excluding hydrogens is 284 g/mol. The van der Waals surface area contributed by atoms with Crippen molar-refractivity contribution in [3.8, 4) is 0 Å². The van der Waals surface area contributed by atoms with Crippen molar-refractivity contribution in [2.24, 2.45) is 5.92 Å². The van der Waals surface area contributed by atoms with Crippen LogP contribution in [-0.2, 0) is 14.4 Å². The molecule has 0 aromatic rings. The van der Waals surface area contributed by atoms with Crippen molar-refractivity contribution in [1.82, 2.24) is 10.2 Å². The lowest BCUT2D eigenvalue weighted by Gasteiger charge is -2.26. The van der Waals surface area contributed by atoms with Gasteiger partial charge in [-0.15, -0.1) is 0 Å². The molecule has 2 unspecified atom stereocenters. The molecule has 124 valence electrons. The highest BCUT2D eigenvalue weighted by Crippen LogP contribution is 2.26. The maximum atomic E-state index is 12.3. The number of carbonyl (C=O) groups excluding carboxylic acids is 2. The first-order valence-electron chi connectivity index (χ1n) is 8.31. The van der Waals surface area contributed by atoms with E-state index in [1.54, 1.807) is 6.92 Å². The highest BCUT2D eigenvalue weighted by molar-refractivity contribution is 5.90. The van der Waals surface area contributed by atoms with Gasteiger partial charge in [-0.25, -0.2) is 4.79 Å². The number of likely N-dealkylation sites (tertiary alicyclic amines) is 1. The quantitative estimate of drug-likeness (QED) is 0.806. The number of carbonyl (C=O) groups is 3. The highest BCUT2D eigenvalue weighted by atomic mass is 16.4. The van der Waals surface area contributed by atoms with Gasteiger partial charge in [0.15, 0.2) is 0 Å². The molecule has 2 atom stereocenters. The fourth-order valence-corrected chi connectivity index (χ4v) is 3.55. The van der Waals surface area contributed by atoms with Gasteiger partial charge in [0.1, 0.15) is 12.1 Å². The maximum absolute atomic E-state index is 12.3. The van der Waals surface area contributed by atoms with E-state index < -0.39 is 18.1 Å². The van der Waals surface area contributed by atoms with Crippen molar-refractivity contribution < 1.29 is 19.5 Å². The second-order valence-electron chi connectivity index (χ2n) is 6.53. The van der Waals surface area contributed by atoms with E-state index in [1.165, 1.54) is 24.2 Å². The molecule has 1 aliphatic heterocycles. The van der Waals surface area contributed by atoms with Crippen LogP contribution in [0.15, 0.2) is 0 Å². The second-order valence-corrected chi connectivity index (χ2v) is 6.53. The average Bonchev–Trinajstić information content (AvgIpc) is 2.96. The molecule has 1 saturated carbocycles. The standard InChI is InChI=1S/C16H26N2O4/c1-11(15(20)18-9-5-8-13(18)16(21)22)17-14(19)10-12-6-3-2-4-7-12/h11-13H,2-10H2,1H3,(H,17,19)(H,21,22). The van der Waals surface area contributed by atoms with Crippen LogP contribution in [0.25, 0.3) is 0 Å². The Kier molecular flexibility index (Phi) is 5.80. The van der Waals surface area contributed by atoms with Gasteiger partial charge in [-0.2, -0.15) is 0 Å². The lowest BCUT2D eigenvalue weighted by atomic mass is 9.87. The number of carboxylic acids is 1. The summed E-state index contributed by atoms with van der Waals surface area (Å²) in [6.07, 6.45) is 7.45. The Morgan fingerprint density at radius 1 is 1.14 bits per heavy atom. The van der Waals surface area contributed by atoms with Gasteiger partial charge in [0.25, 0.3) is 0 Å². The van der Waals surface area contributed by atoms with Crippen LogP contribution >= 0.6 is 0 Å². The minimum absolute atomic E-state index is 0.0983. The fraction of sp³-hybridized carbons (Fsp3) is 0.812. The lowest BCUT2D eigenvalue weighted by Crippen LogP contribution is -2.50. The molecule has 0 aromatic carbocycles. The molecule has 6 heteroatoms. The van der Waals surface area contributed by atoms with Gasteiger partial charge in [-0.1, -0.05) is 19.3 Å². The van der Waals surface area contributed by atoms with Gasteiger partial charge < -0.3 is 15.3 Å². The Balaban J connectivity index is 1.82. The topological polar surface area (TPSA) is 86.7 Å². The van der Waals surface area contributed by atoms with Crippen LogP contribution in [0.4, 0.5) is 0 Å². The molecule has 2 rings (SSSR count). The normalized spacial score (nSPS) is 24.0. The van der Waals surface area contributed by atoms with Crippen molar-refractivity contribution in [3.05, 3.63) is 0 Å². The van der Waals surface area contributed by atoms with Crippen molar-refractivity contribution in [3.63, 3.8) is 0 Å². The van der Waals surface area contributed by atoms with Crippen LogP contribution < -0.4 is 5.32 Å². The molecule has 2 fully saturated rings. The summed E-state index contributed by atoms with van der Waals surface area (Å²) in [4.78, 5) is 36.9. The zero-order valence-electron chi connectivity index (χ0n) is 13.2. The van der Waals surface area contributed by atoms with Crippen molar-refractivity contribution in [2.45, 2.75) is 70.4 Å². The van der Waals surface area contributed by atoms with E-state index in [1.807, 2.05) is 0 Å². The minimum atomic E-state index is -0.966. The summed E-state index contributed by atoms with van der Waals surface area (Å²) < 4.78 is 0. The molecule has 0 radical (unpaired) electrons. The molecule has 22 heavy (non-hydrogen) atoms. The summed E-state index contributed by atoms with van der Waals surface area (Å²) in [6.45, 7) is 2.09. The molecule has 0 aromatic heterocycles. The Morgan fingerprint density at radius 3 is 2.45 bits per heavy atom. The molecule has 1 saturated heterocycles. The Labute approximate surface area is 131 Å². The molecule has 2 aliphatic rings. The number of nitrogens with zero attached hydrogens (tertiary/aromatic N) is 1. The first-order valence-corrected chi connectivity index (χ1v) is 8.31. The van der Waals surface area contributed by atoms with E-state index in [-0.39, 0.29) is 11.8 Å². The van der Waals surface area contributed by atoms with E-state index in [0.29, 0.717) is 31.7 Å². The Bertz CT molecular complexity index is 432. The summed E-state index contributed by atoms with van der Waals surface area (Å²) >= 11 is 0. The summed E-state index contributed by atoms with van der Waals surface area (Å²) in [5.74, 6) is -0.929. The number of carboxylic acid groups (broad SMARTS) is 1. The molecule has 2 amide bonds. The third kappa shape index (κ3) is 4.21. The monoisotopic (exact) mass is 310 g/mol. The summed E-state index contributed by atoms with van der Waals surface area (Å²) in [7, 11) is 0. The summed E-state index contributed by atoms with van der Waals surface area (Å²) in [5, 5.41) is 11.9. The highest BCUT2D eigenvalue weighted by Gasteiger charge is 2.36. The molecule has 1 aliphatic carbocycles. The predicted octanol–water partition coefficient (Wildman–Crippen LogP) is 1.54. The van der Waals surface area contributed by atoms with Crippen LogP contribution in [0.1, 0.15) is 58.3 Å². The van der Waals surface area contributed by atoms with Crippen LogP contribution in [-0.4, -0.2) is 46.4 Å². The van der Waals surface area contributed by atoms with E-state index in [9.17, 15) is 14.4 Å². The summed E-state index contributed by atoms with van der Waals surface area (Å²) in [6, 6.07) is -1.40. The average molecular weight is 310 g/mol. The first kappa shape index (κ1) is 16.8. The number of hydrogen-bond acceptors (Lipinski definition) is 3. The Hall–Kier alpha value is -1.59. The van der Waals surface area contributed by atoms with Crippen LogP contribution in [0.3, 0.4) is 0 Å². The minimum Gasteiger partial charge on any atom is -0.480 e. The third-order valence-electron chi connectivity index (χ3n) is 4.77. The fourth-order valence-electron chi connectivity index (χ4n) is 3.55. The van der Waals surface area contributed by atoms with Gasteiger partial charge in [-0.3, -0.25) is 9.59 Å². The van der Waals surface area contributed by atoms with Crippen molar-refractivity contribution in [1.29, 1.82) is 0 Å². The SMILES string of the molecule is CC(NC(=O)CC1CCCCC1)C(=O)N1CCCC1C(=O)O. The number of hydrogen-bond donors (Lipinski definition) is 2.